The average Bonchev–Trinajstić information content (AvgIpc) is 2.63. The highest BCUT2D eigenvalue weighted by atomic mass is 16.1. The standard InChI is InChI=1S/C21H23N3O2/c1-14(2)16-8-9-18(15(3)12-16)23-20(25)10-11-24-13-22-19-7-5-4-6-17(19)21(24)26/h4-9,12-14H,10-11H2,1-3H3,(H,23,25). The Labute approximate surface area is 152 Å². The van der Waals surface area contributed by atoms with Crippen LogP contribution in [0.1, 0.15) is 37.3 Å². The van der Waals surface area contributed by atoms with Crippen molar-refractivity contribution in [3.8, 4) is 0 Å². The van der Waals surface area contributed by atoms with Gasteiger partial charge in [-0.1, -0.05) is 38.1 Å². The minimum absolute atomic E-state index is 0.120. The lowest BCUT2D eigenvalue weighted by Crippen LogP contribution is -2.23. The predicted octanol–water partition coefficient (Wildman–Crippen LogP) is 3.86. The molecule has 26 heavy (non-hydrogen) atoms. The van der Waals surface area contributed by atoms with Crippen LogP contribution in [0.25, 0.3) is 10.9 Å². The molecule has 0 fully saturated rings. The third-order valence-corrected chi connectivity index (χ3v) is 4.50. The number of nitrogens with zero attached hydrogens (tertiary/aromatic N) is 2. The molecule has 0 radical (unpaired) electrons. The predicted molar refractivity (Wildman–Crippen MR) is 105 cm³/mol. The lowest BCUT2D eigenvalue weighted by atomic mass is 10.0. The molecule has 0 bridgehead atoms. The molecule has 0 atom stereocenters. The van der Waals surface area contributed by atoms with Gasteiger partial charge < -0.3 is 5.32 Å². The molecular weight excluding hydrogens is 326 g/mol. The third kappa shape index (κ3) is 3.82. The van der Waals surface area contributed by atoms with Gasteiger partial charge in [0.25, 0.3) is 5.56 Å². The van der Waals surface area contributed by atoms with Crippen LogP contribution in [0.5, 0.6) is 0 Å². The van der Waals surface area contributed by atoms with E-state index in [1.807, 2.05) is 31.2 Å². The number of amides is 1. The Hall–Kier alpha value is -2.95. The molecule has 0 spiro atoms. The summed E-state index contributed by atoms with van der Waals surface area (Å²) in [7, 11) is 0. The van der Waals surface area contributed by atoms with Crippen molar-refractivity contribution in [3.05, 3.63) is 70.3 Å². The Bertz CT molecular complexity index is 1010. The Morgan fingerprint density at radius 2 is 1.96 bits per heavy atom. The van der Waals surface area contributed by atoms with E-state index in [0.717, 1.165) is 11.3 Å². The van der Waals surface area contributed by atoms with E-state index in [9.17, 15) is 9.59 Å². The molecule has 5 heteroatoms. The van der Waals surface area contributed by atoms with Crippen LogP contribution in [-0.4, -0.2) is 15.5 Å². The summed E-state index contributed by atoms with van der Waals surface area (Å²) in [6.45, 7) is 6.57. The van der Waals surface area contributed by atoms with Gasteiger partial charge >= 0.3 is 0 Å². The van der Waals surface area contributed by atoms with E-state index in [4.69, 9.17) is 0 Å². The molecule has 2 aromatic carbocycles. The van der Waals surface area contributed by atoms with Crippen molar-refractivity contribution in [2.75, 3.05) is 5.32 Å². The summed E-state index contributed by atoms with van der Waals surface area (Å²) in [5, 5.41) is 3.49. The number of carbonyl (C=O) groups is 1. The van der Waals surface area contributed by atoms with E-state index in [2.05, 4.69) is 30.2 Å². The largest absolute Gasteiger partial charge is 0.326 e. The van der Waals surface area contributed by atoms with Crippen LogP contribution >= 0.6 is 0 Å². The van der Waals surface area contributed by atoms with Gasteiger partial charge in [0.15, 0.2) is 0 Å². The summed E-state index contributed by atoms with van der Waals surface area (Å²) in [6, 6.07) is 13.3. The highest BCUT2D eigenvalue weighted by molar-refractivity contribution is 5.91. The van der Waals surface area contributed by atoms with E-state index < -0.39 is 0 Å². The molecule has 3 rings (SSSR count). The number of hydrogen-bond acceptors (Lipinski definition) is 3. The van der Waals surface area contributed by atoms with Crippen molar-refractivity contribution in [2.45, 2.75) is 39.7 Å². The van der Waals surface area contributed by atoms with Crippen molar-refractivity contribution in [1.82, 2.24) is 9.55 Å². The number of nitrogens with one attached hydrogen (secondary N) is 1. The number of hydrogen-bond donors (Lipinski definition) is 1. The molecule has 1 aromatic heterocycles. The lowest BCUT2D eigenvalue weighted by Gasteiger charge is -2.12. The first-order chi connectivity index (χ1) is 12.5. The minimum Gasteiger partial charge on any atom is -0.326 e. The molecule has 0 saturated heterocycles. The minimum atomic E-state index is -0.124. The van der Waals surface area contributed by atoms with Crippen LogP contribution in [0.2, 0.25) is 0 Å². The van der Waals surface area contributed by atoms with Gasteiger partial charge in [0, 0.05) is 18.7 Å². The van der Waals surface area contributed by atoms with Gasteiger partial charge in [-0.05, 0) is 42.2 Å². The van der Waals surface area contributed by atoms with Crippen LogP contribution in [0.4, 0.5) is 5.69 Å². The van der Waals surface area contributed by atoms with Gasteiger partial charge in [0.2, 0.25) is 5.91 Å². The second-order valence-corrected chi connectivity index (χ2v) is 6.79. The Balaban J connectivity index is 1.68. The number of aryl methyl sites for hydroxylation is 2. The molecule has 1 heterocycles. The van der Waals surface area contributed by atoms with E-state index in [1.165, 1.54) is 16.5 Å². The summed E-state index contributed by atoms with van der Waals surface area (Å²) in [5.41, 5.74) is 3.63. The van der Waals surface area contributed by atoms with Crippen molar-refractivity contribution in [1.29, 1.82) is 0 Å². The molecule has 0 aliphatic heterocycles. The first-order valence-corrected chi connectivity index (χ1v) is 8.80. The second-order valence-electron chi connectivity index (χ2n) is 6.79. The number of benzene rings is 2. The maximum Gasteiger partial charge on any atom is 0.261 e. The zero-order valence-corrected chi connectivity index (χ0v) is 15.3. The van der Waals surface area contributed by atoms with Crippen LogP contribution in [0.3, 0.4) is 0 Å². The molecule has 1 N–H and O–H groups in total. The topological polar surface area (TPSA) is 64.0 Å². The van der Waals surface area contributed by atoms with E-state index >= 15 is 0 Å². The molecule has 3 aromatic rings. The molecular formula is C21H23N3O2. The number of para-hydroxylation sites is 1. The van der Waals surface area contributed by atoms with Crippen molar-refractivity contribution in [3.63, 3.8) is 0 Å². The summed E-state index contributed by atoms with van der Waals surface area (Å²) >= 11 is 0. The molecule has 0 aliphatic carbocycles. The van der Waals surface area contributed by atoms with Crippen LogP contribution in [-0.2, 0) is 11.3 Å². The van der Waals surface area contributed by atoms with Gasteiger partial charge in [-0.25, -0.2) is 4.98 Å². The third-order valence-electron chi connectivity index (χ3n) is 4.50. The monoisotopic (exact) mass is 349 g/mol. The zero-order valence-electron chi connectivity index (χ0n) is 15.3. The lowest BCUT2D eigenvalue weighted by molar-refractivity contribution is -0.116. The Kier molecular flexibility index (Phi) is 5.16. The van der Waals surface area contributed by atoms with Gasteiger partial charge in [0.05, 0.1) is 17.2 Å². The highest BCUT2D eigenvalue weighted by Gasteiger charge is 2.09. The SMILES string of the molecule is Cc1cc(C(C)C)ccc1NC(=O)CCn1cnc2ccccc2c1=O. The Morgan fingerprint density at radius 1 is 1.19 bits per heavy atom. The first-order valence-electron chi connectivity index (χ1n) is 8.80. The maximum atomic E-state index is 12.4. The van der Waals surface area contributed by atoms with E-state index in [0.29, 0.717) is 23.4 Å². The van der Waals surface area contributed by atoms with Gasteiger partial charge in [0.1, 0.15) is 0 Å². The fraction of sp³-hybridized carbons (Fsp3) is 0.286. The maximum absolute atomic E-state index is 12.4. The number of carbonyl (C=O) groups excluding carboxylic acids is 1. The summed E-state index contributed by atoms with van der Waals surface area (Å²) in [5.74, 6) is 0.330. The highest BCUT2D eigenvalue weighted by Crippen LogP contribution is 2.21. The molecule has 0 saturated carbocycles. The fourth-order valence-electron chi connectivity index (χ4n) is 2.89. The molecule has 0 aliphatic rings. The van der Waals surface area contributed by atoms with Gasteiger partial charge in [-0.3, -0.25) is 14.2 Å². The number of aromatic nitrogens is 2. The summed E-state index contributed by atoms with van der Waals surface area (Å²) in [4.78, 5) is 29.0. The normalized spacial score (nSPS) is 11.1. The van der Waals surface area contributed by atoms with Gasteiger partial charge in [-0.2, -0.15) is 0 Å². The average molecular weight is 349 g/mol. The van der Waals surface area contributed by atoms with Crippen molar-refractivity contribution >= 4 is 22.5 Å². The molecule has 1 amide bonds. The molecule has 5 nitrogen and oxygen atoms in total. The zero-order chi connectivity index (χ0) is 18.7. The van der Waals surface area contributed by atoms with Crippen molar-refractivity contribution in [2.24, 2.45) is 0 Å². The number of rotatable bonds is 5. The molecule has 134 valence electrons. The summed E-state index contributed by atoms with van der Waals surface area (Å²) in [6.07, 6.45) is 1.71. The first kappa shape index (κ1) is 17.9. The Morgan fingerprint density at radius 3 is 2.69 bits per heavy atom. The van der Waals surface area contributed by atoms with E-state index in [-0.39, 0.29) is 17.9 Å². The van der Waals surface area contributed by atoms with Gasteiger partial charge in [-0.15, -0.1) is 0 Å². The number of fused-ring (bicyclic) bond motifs is 1. The number of anilines is 1. The smallest absolute Gasteiger partial charge is 0.261 e. The van der Waals surface area contributed by atoms with E-state index in [1.54, 1.807) is 12.1 Å². The quantitative estimate of drug-likeness (QED) is 0.761. The van der Waals surface area contributed by atoms with Crippen molar-refractivity contribution < 1.29 is 4.79 Å². The molecule has 0 unspecified atom stereocenters. The van der Waals surface area contributed by atoms with Crippen LogP contribution in [0.15, 0.2) is 53.6 Å². The second kappa shape index (κ2) is 7.52. The van der Waals surface area contributed by atoms with Crippen LogP contribution < -0.4 is 10.9 Å². The summed E-state index contributed by atoms with van der Waals surface area (Å²) < 4.78 is 1.48. The van der Waals surface area contributed by atoms with Crippen LogP contribution in [0, 0.1) is 6.92 Å². The fourth-order valence-corrected chi connectivity index (χ4v) is 2.89.